The zero-order valence-electron chi connectivity index (χ0n) is 12.8. The zero-order valence-corrected chi connectivity index (χ0v) is 13.6. The monoisotopic (exact) mass is 311 g/mol. The summed E-state index contributed by atoms with van der Waals surface area (Å²) in [5.41, 5.74) is 1.19. The number of benzene rings is 1. The van der Waals surface area contributed by atoms with Crippen LogP contribution in [0.25, 0.3) is 0 Å². The van der Waals surface area contributed by atoms with E-state index in [4.69, 9.17) is 21.1 Å². The highest BCUT2D eigenvalue weighted by Gasteiger charge is 2.25. The van der Waals surface area contributed by atoms with Gasteiger partial charge in [0.25, 0.3) is 0 Å². The molecule has 1 unspecified atom stereocenters. The van der Waals surface area contributed by atoms with Gasteiger partial charge in [0.05, 0.1) is 6.10 Å². The molecule has 118 valence electrons. The Labute approximate surface area is 133 Å². The molecular formula is C17H26ClNO2. The van der Waals surface area contributed by atoms with Crippen molar-refractivity contribution < 1.29 is 9.47 Å². The molecule has 1 aliphatic rings. The number of nitrogens with one attached hydrogen (secondary N) is 1. The molecule has 1 aromatic rings. The van der Waals surface area contributed by atoms with Crippen LogP contribution < -0.4 is 5.32 Å². The summed E-state index contributed by atoms with van der Waals surface area (Å²) in [6.45, 7) is 6.41. The maximum Gasteiger partial charge on any atom is 0.0865 e. The SMILES string of the molecule is CCOCCCO[C@@H](c1cccc(Cl)c1)C1CCCNC1. The van der Waals surface area contributed by atoms with E-state index in [1.54, 1.807) is 0 Å². The highest BCUT2D eigenvalue weighted by Crippen LogP contribution is 2.32. The Hall–Kier alpha value is -0.610. The summed E-state index contributed by atoms with van der Waals surface area (Å²) >= 11 is 6.14. The summed E-state index contributed by atoms with van der Waals surface area (Å²) in [6, 6.07) is 8.07. The van der Waals surface area contributed by atoms with Crippen LogP contribution in [0.4, 0.5) is 0 Å². The molecule has 1 N–H and O–H groups in total. The van der Waals surface area contributed by atoms with E-state index in [2.05, 4.69) is 11.4 Å². The van der Waals surface area contributed by atoms with Crippen LogP contribution >= 0.6 is 11.6 Å². The summed E-state index contributed by atoms with van der Waals surface area (Å²) < 4.78 is 11.6. The van der Waals surface area contributed by atoms with Crippen molar-refractivity contribution in [3.8, 4) is 0 Å². The summed E-state index contributed by atoms with van der Waals surface area (Å²) in [4.78, 5) is 0. The molecule has 2 rings (SSSR count). The molecule has 4 heteroatoms. The lowest BCUT2D eigenvalue weighted by molar-refractivity contribution is -0.00719. The first kappa shape index (κ1) is 16.8. The molecule has 0 bridgehead atoms. The maximum absolute atomic E-state index is 6.19. The topological polar surface area (TPSA) is 30.5 Å². The Morgan fingerprint density at radius 3 is 3.00 bits per heavy atom. The lowest BCUT2D eigenvalue weighted by Crippen LogP contribution is -2.34. The number of piperidine rings is 1. The van der Waals surface area contributed by atoms with Gasteiger partial charge in [-0.2, -0.15) is 0 Å². The molecule has 0 aromatic heterocycles. The second-order valence-electron chi connectivity index (χ2n) is 5.50. The first-order valence-electron chi connectivity index (χ1n) is 7.96. The van der Waals surface area contributed by atoms with Crippen molar-refractivity contribution in [3.63, 3.8) is 0 Å². The lowest BCUT2D eigenvalue weighted by Gasteiger charge is -2.31. The zero-order chi connectivity index (χ0) is 14.9. The van der Waals surface area contributed by atoms with Crippen LogP contribution in [-0.4, -0.2) is 32.9 Å². The van der Waals surface area contributed by atoms with Crippen molar-refractivity contribution >= 4 is 11.6 Å². The number of ether oxygens (including phenoxy) is 2. The van der Waals surface area contributed by atoms with Gasteiger partial charge >= 0.3 is 0 Å². The number of halogens is 1. The van der Waals surface area contributed by atoms with Crippen LogP contribution in [0.1, 0.15) is 37.9 Å². The van der Waals surface area contributed by atoms with Crippen molar-refractivity contribution in [2.45, 2.75) is 32.3 Å². The minimum Gasteiger partial charge on any atom is -0.382 e. The number of hydrogen-bond acceptors (Lipinski definition) is 3. The molecule has 1 aromatic carbocycles. The number of hydrogen-bond donors (Lipinski definition) is 1. The van der Waals surface area contributed by atoms with Crippen molar-refractivity contribution in [2.75, 3.05) is 32.9 Å². The van der Waals surface area contributed by atoms with E-state index < -0.39 is 0 Å². The van der Waals surface area contributed by atoms with Crippen LogP contribution in [0.2, 0.25) is 5.02 Å². The second-order valence-corrected chi connectivity index (χ2v) is 5.94. The van der Waals surface area contributed by atoms with Gasteiger partial charge in [0.1, 0.15) is 0 Å². The van der Waals surface area contributed by atoms with Gasteiger partial charge in [-0.15, -0.1) is 0 Å². The highest BCUT2D eigenvalue weighted by atomic mass is 35.5. The standard InChI is InChI=1S/C17H26ClNO2/c1-2-20-10-5-11-21-17(15-7-4-9-19-13-15)14-6-3-8-16(18)12-14/h3,6,8,12,15,17,19H,2,4-5,7,9-11,13H2,1H3/t15?,17-/m0/s1. The Bertz CT molecular complexity index is 408. The van der Waals surface area contributed by atoms with E-state index in [9.17, 15) is 0 Å². The van der Waals surface area contributed by atoms with Crippen LogP contribution in [-0.2, 0) is 9.47 Å². The molecule has 2 atom stereocenters. The normalized spacial score (nSPS) is 20.4. The Morgan fingerprint density at radius 1 is 1.38 bits per heavy atom. The first-order valence-corrected chi connectivity index (χ1v) is 8.34. The fraction of sp³-hybridized carbons (Fsp3) is 0.647. The van der Waals surface area contributed by atoms with Gasteiger partial charge in [0, 0.05) is 37.3 Å². The van der Waals surface area contributed by atoms with Crippen LogP contribution in [0.15, 0.2) is 24.3 Å². The molecule has 21 heavy (non-hydrogen) atoms. The van der Waals surface area contributed by atoms with Crippen molar-refractivity contribution in [2.24, 2.45) is 5.92 Å². The van der Waals surface area contributed by atoms with Crippen LogP contribution in [0.5, 0.6) is 0 Å². The Balaban J connectivity index is 1.96. The maximum atomic E-state index is 6.19. The van der Waals surface area contributed by atoms with Crippen molar-refractivity contribution in [3.05, 3.63) is 34.9 Å². The molecule has 1 saturated heterocycles. The summed E-state index contributed by atoms with van der Waals surface area (Å²) in [5, 5.41) is 4.25. The Morgan fingerprint density at radius 2 is 2.29 bits per heavy atom. The van der Waals surface area contributed by atoms with E-state index >= 15 is 0 Å². The molecule has 0 saturated carbocycles. The molecule has 0 amide bonds. The van der Waals surface area contributed by atoms with E-state index in [1.807, 2.05) is 25.1 Å². The molecule has 1 aliphatic heterocycles. The predicted molar refractivity (Wildman–Crippen MR) is 86.8 cm³/mol. The van der Waals surface area contributed by atoms with E-state index in [0.29, 0.717) is 5.92 Å². The van der Waals surface area contributed by atoms with Gasteiger partial charge < -0.3 is 14.8 Å². The van der Waals surface area contributed by atoms with Gasteiger partial charge in [-0.05, 0) is 50.4 Å². The average molecular weight is 312 g/mol. The van der Waals surface area contributed by atoms with E-state index in [-0.39, 0.29) is 6.10 Å². The predicted octanol–water partition coefficient (Wildman–Crippen LogP) is 3.82. The Kier molecular flexibility index (Phi) is 7.51. The average Bonchev–Trinajstić information content (AvgIpc) is 2.52. The summed E-state index contributed by atoms with van der Waals surface area (Å²) in [5.74, 6) is 0.518. The van der Waals surface area contributed by atoms with Gasteiger partial charge in [-0.1, -0.05) is 23.7 Å². The van der Waals surface area contributed by atoms with E-state index in [0.717, 1.165) is 44.4 Å². The minimum atomic E-state index is 0.123. The van der Waals surface area contributed by atoms with Gasteiger partial charge in [0.15, 0.2) is 0 Å². The third-order valence-electron chi connectivity index (χ3n) is 3.87. The van der Waals surface area contributed by atoms with Crippen molar-refractivity contribution in [1.29, 1.82) is 0 Å². The van der Waals surface area contributed by atoms with Crippen molar-refractivity contribution in [1.82, 2.24) is 5.32 Å². The van der Waals surface area contributed by atoms with Crippen LogP contribution in [0.3, 0.4) is 0 Å². The highest BCUT2D eigenvalue weighted by molar-refractivity contribution is 6.30. The summed E-state index contributed by atoms with van der Waals surface area (Å²) in [7, 11) is 0. The summed E-state index contributed by atoms with van der Waals surface area (Å²) in [6.07, 6.45) is 3.48. The molecule has 1 fully saturated rings. The molecular weight excluding hydrogens is 286 g/mol. The first-order chi connectivity index (χ1) is 10.3. The molecule has 1 heterocycles. The molecule has 0 aliphatic carbocycles. The second kappa shape index (κ2) is 9.42. The van der Waals surface area contributed by atoms with Gasteiger partial charge in [-0.25, -0.2) is 0 Å². The minimum absolute atomic E-state index is 0.123. The molecule has 0 spiro atoms. The number of rotatable bonds is 8. The van der Waals surface area contributed by atoms with Gasteiger partial charge in [0.2, 0.25) is 0 Å². The molecule has 0 radical (unpaired) electrons. The lowest BCUT2D eigenvalue weighted by atomic mass is 9.89. The van der Waals surface area contributed by atoms with E-state index in [1.165, 1.54) is 18.4 Å². The third kappa shape index (κ3) is 5.59. The van der Waals surface area contributed by atoms with Gasteiger partial charge in [-0.3, -0.25) is 0 Å². The molecule has 3 nitrogen and oxygen atoms in total. The fourth-order valence-electron chi connectivity index (χ4n) is 2.84. The third-order valence-corrected chi connectivity index (χ3v) is 4.11. The smallest absolute Gasteiger partial charge is 0.0865 e. The fourth-order valence-corrected chi connectivity index (χ4v) is 3.04. The largest absolute Gasteiger partial charge is 0.382 e. The quantitative estimate of drug-likeness (QED) is 0.740. The van der Waals surface area contributed by atoms with Crippen LogP contribution in [0, 0.1) is 5.92 Å².